The molecule has 0 spiro atoms. The Balaban J connectivity index is 1.79. The van der Waals surface area contributed by atoms with E-state index in [-0.39, 0.29) is 0 Å². The molecule has 2 N–H and O–H groups in total. The molecule has 0 amide bonds. The van der Waals surface area contributed by atoms with E-state index >= 15 is 0 Å². The smallest absolute Gasteiger partial charge is 0.0651 e. The summed E-state index contributed by atoms with van der Waals surface area (Å²) < 4.78 is 0. The number of benzene rings is 1. The lowest BCUT2D eigenvalue weighted by atomic mass is 10.2. The first-order chi connectivity index (χ1) is 9.26. The number of nitrogens with one attached hydrogen (secondary N) is 2. The Morgan fingerprint density at radius 2 is 2.21 bits per heavy atom. The SMILES string of the molecule is CCc1ccc(C(C)Nc2ccc3[nH]ncc3c2)s1. The van der Waals surface area contributed by atoms with E-state index in [1.54, 1.807) is 0 Å². The molecule has 0 aliphatic carbocycles. The standard InChI is InChI=1S/C15H17N3S/c1-3-13-5-7-15(19-13)10(2)17-12-4-6-14-11(8-12)9-16-18-14/h4-10,17H,3H2,1-2H3,(H,16,18). The van der Waals surface area contributed by atoms with Crippen LogP contribution in [-0.4, -0.2) is 10.2 Å². The van der Waals surface area contributed by atoms with Crippen molar-refractivity contribution in [1.82, 2.24) is 10.2 Å². The van der Waals surface area contributed by atoms with E-state index in [2.05, 4.69) is 59.7 Å². The number of aryl methyl sites for hydroxylation is 1. The van der Waals surface area contributed by atoms with Crippen molar-refractivity contribution >= 4 is 27.9 Å². The number of rotatable bonds is 4. The number of H-pyrrole nitrogens is 1. The van der Waals surface area contributed by atoms with Crippen molar-refractivity contribution in [2.45, 2.75) is 26.3 Å². The summed E-state index contributed by atoms with van der Waals surface area (Å²) in [6, 6.07) is 11.0. The molecule has 3 aromatic rings. The highest BCUT2D eigenvalue weighted by Crippen LogP contribution is 2.27. The molecular formula is C15H17N3S. The van der Waals surface area contributed by atoms with Crippen molar-refractivity contribution in [2.75, 3.05) is 5.32 Å². The second kappa shape index (κ2) is 5.05. The number of aromatic nitrogens is 2. The number of fused-ring (bicyclic) bond motifs is 1. The Morgan fingerprint density at radius 1 is 1.32 bits per heavy atom. The highest BCUT2D eigenvalue weighted by molar-refractivity contribution is 7.12. The van der Waals surface area contributed by atoms with Gasteiger partial charge in [-0.2, -0.15) is 5.10 Å². The van der Waals surface area contributed by atoms with E-state index in [0.717, 1.165) is 23.0 Å². The predicted octanol–water partition coefficient (Wildman–Crippen LogP) is 4.36. The van der Waals surface area contributed by atoms with Gasteiger partial charge in [0.05, 0.1) is 17.8 Å². The van der Waals surface area contributed by atoms with E-state index in [1.807, 2.05) is 17.5 Å². The summed E-state index contributed by atoms with van der Waals surface area (Å²) in [5, 5.41) is 11.7. The Labute approximate surface area is 116 Å². The molecule has 19 heavy (non-hydrogen) atoms. The van der Waals surface area contributed by atoms with Gasteiger partial charge in [0.2, 0.25) is 0 Å². The van der Waals surface area contributed by atoms with Crippen LogP contribution in [0.3, 0.4) is 0 Å². The maximum Gasteiger partial charge on any atom is 0.0651 e. The second-order valence-corrected chi connectivity index (χ2v) is 5.90. The molecule has 0 aliphatic rings. The second-order valence-electron chi connectivity index (χ2n) is 4.70. The first kappa shape index (κ1) is 12.2. The van der Waals surface area contributed by atoms with Gasteiger partial charge >= 0.3 is 0 Å². The van der Waals surface area contributed by atoms with Crippen molar-refractivity contribution in [2.24, 2.45) is 0 Å². The van der Waals surface area contributed by atoms with Gasteiger partial charge in [-0.15, -0.1) is 11.3 Å². The Hall–Kier alpha value is -1.81. The topological polar surface area (TPSA) is 40.7 Å². The molecule has 4 heteroatoms. The zero-order valence-electron chi connectivity index (χ0n) is 11.1. The van der Waals surface area contributed by atoms with E-state index < -0.39 is 0 Å². The Kier molecular flexibility index (Phi) is 3.25. The molecule has 1 atom stereocenters. The van der Waals surface area contributed by atoms with Gasteiger partial charge in [-0.1, -0.05) is 6.92 Å². The lowest BCUT2D eigenvalue weighted by Crippen LogP contribution is -2.04. The normalized spacial score (nSPS) is 12.7. The first-order valence-corrected chi connectivity index (χ1v) is 7.36. The summed E-state index contributed by atoms with van der Waals surface area (Å²) in [6.45, 7) is 4.39. The van der Waals surface area contributed by atoms with Gasteiger partial charge in [0, 0.05) is 20.8 Å². The van der Waals surface area contributed by atoms with Crippen LogP contribution in [-0.2, 0) is 6.42 Å². The van der Waals surface area contributed by atoms with Gasteiger partial charge in [-0.25, -0.2) is 0 Å². The highest BCUT2D eigenvalue weighted by atomic mass is 32.1. The van der Waals surface area contributed by atoms with Crippen molar-refractivity contribution in [3.05, 3.63) is 46.3 Å². The summed E-state index contributed by atoms with van der Waals surface area (Å²) in [5.74, 6) is 0. The van der Waals surface area contributed by atoms with E-state index in [9.17, 15) is 0 Å². The van der Waals surface area contributed by atoms with E-state index in [1.165, 1.54) is 9.75 Å². The third-order valence-electron chi connectivity index (χ3n) is 3.28. The van der Waals surface area contributed by atoms with Gasteiger partial charge in [0.25, 0.3) is 0 Å². The van der Waals surface area contributed by atoms with Crippen LogP contribution in [0, 0.1) is 0 Å². The molecule has 3 nitrogen and oxygen atoms in total. The zero-order valence-corrected chi connectivity index (χ0v) is 11.9. The van der Waals surface area contributed by atoms with Crippen LogP contribution in [0.4, 0.5) is 5.69 Å². The summed E-state index contributed by atoms with van der Waals surface area (Å²) in [5.41, 5.74) is 2.20. The summed E-state index contributed by atoms with van der Waals surface area (Å²) in [7, 11) is 0. The number of aromatic amines is 1. The molecule has 1 aromatic carbocycles. The number of hydrogen-bond donors (Lipinski definition) is 2. The van der Waals surface area contributed by atoms with Gasteiger partial charge in [0.15, 0.2) is 0 Å². The first-order valence-electron chi connectivity index (χ1n) is 6.54. The lowest BCUT2D eigenvalue weighted by Gasteiger charge is -2.13. The number of hydrogen-bond acceptors (Lipinski definition) is 3. The fraction of sp³-hybridized carbons (Fsp3) is 0.267. The number of anilines is 1. The van der Waals surface area contributed by atoms with Crippen molar-refractivity contribution in [3.8, 4) is 0 Å². The molecule has 0 fully saturated rings. The minimum Gasteiger partial charge on any atom is -0.378 e. The van der Waals surface area contributed by atoms with Crippen LogP contribution in [0.1, 0.15) is 29.6 Å². The molecule has 0 saturated carbocycles. The minimum absolute atomic E-state index is 0.328. The third-order valence-corrected chi connectivity index (χ3v) is 4.69. The fourth-order valence-electron chi connectivity index (χ4n) is 2.17. The Morgan fingerprint density at radius 3 is 3.00 bits per heavy atom. The molecule has 0 bridgehead atoms. The maximum absolute atomic E-state index is 4.04. The monoisotopic (exact) mass is 271 g/mol. The van der Waals surface area contributed by atoms with Crippen LogP contribution in [0.2, 0.25) is 0 Å². The third kappa shape index (κ3) is 2.49. The zero-order chi connectivity index (χ0) is 13.2. The lowest BCUT2D eigenvalue weighted by molar-refractivity contribution is 0.909. The van der Waals surface area contributed by atoms with Gasteiger partial charge < -0.3 is 5.32 Å². The average molecular weight is 271 g/mol. The van der Waals surface area contributed by atoms with Crippen LogP contribution >= 0.6 is 11.3 Å². The van der Waals surface area contributed by atoms with E-state index in [0.29, 0.717) is 6.04 Å². The highest BCUT2D eigenvalue weighted by Gasteiger charge is 2.08. The molecule has 0 aliphatic heterocycles. The number of thiophene rings is 1. The van der Waals surface area contributed by atoms with Crippen molar-refractivity contribution in [1.29, 1.82) is 0 Å². The van der Waals surface area contributed by atoms with Crippen molar-refractivity contribution < 1.29 is 0 Å². The molecular weight excluding hydrogens is 254 g/mol. The van der Waals surface area contributed by atoms with Crippen LogP contribution in [0.5, 0.6) is 0 Å². The summed E-state index contributed by atoms with van der Waals surface area (Å²) >= 11 is 1.88. The van der Waals surface area contributed by atoms with Crippen LogP contribution in [0.15, 0.2) is 36.5 Å². The predicted molar refractivity (Wildman–Crippen MR) is 81.8 cm³/mol. The number of nitrogens with zero attached hydrogens (tertiary/aromatic N) is 1. The van der Waals surface area contributed by atoms with E-state index in [4.69, 9.17) is 0 Å². The Bertz CT molecular complexity index is 683. The summed E-state index contributed by atoms with van der Waals surface area (Å²) in [4.78, 5) is 2.82. The van der Waals surface area contributed by atoms with Gasteiger partial charge in [-0.3, -0.25) is 5.10 Å². The quantitative estimate of drug-likeness (QED) is 0.740. The molecule has 2 aromatic heterocycles. The molecule has 0 radical (unpaired) electrons. The molecule has 3 rings (SSSR count). The van der Waals surface area contributed by atoms with Crippen molar-refractivity contribution in [3.63, 3.8) is 0 Å². The summed E-state index contributed by atoms with van der Waals surface area (Å²) in [6.07, 6.45) is 2.96. The van der Waals surface area contributed by atoms with Crippen LogP contribution in [0.25, 0.3) is 10.9 Å². The average Bonchev–Trinajstić information content (AvgIpc) is 3.06. The minimum atomic E-state index is 0.328. The van der Waals surface area contributed by atoms with Crippen LogP contribution < -0.4 is 5.32 Å². The molecule has 98 valence electrons. The molecule has 1 unspecified atom stereocenters. The van der Waals surface area contributed by atoms with Gasteiger partial charge in [-0.05, 0) is 43.7 Å². The largest absolute Gasteiger partial charge is 0.378 e. The molecule has 0 saturated heterocycles. The molecule has 2 heterocycles. The van der Waals surface area contributed by atoms with Gasteiger partial charge in [0.1, 0.15) is 0 Å². The fourth-order valence-corrected chi connectivity index (χ4v) is 3.13. The maximum atomic E-state index is 4.04.